The molecule has 0 amide bonds. The third-order valence-corrected chi connectivity index (χ3v) is 5.36. The van der Waals surface area contributed by atoms with Gasteiger partial charge in [-0.2, -0.15) is 0 Å². The average molecular weight is 427 g/mol. The number of pyridine rings is 1. The molecule has 9 heteroatoms. The van der Waals surface area contributed by atoms with Crippen molar-refractivity contribution in [2.75, 3.05) is 37.4 Å². The van der Waals surface area contributed by atoms with Crippen LogP contribution in [0.4, 0.5) is 17.3 Å². The third-order valence-electron chi connectivity index (χ3n) is 5.13. The molecule has 8 nitrogen and oxygen atoms in total. The Balaban J connectivity index is 1.42. The van der Waals surface area contributed by atoms with Crippen LogP contribution >= 0.6 is 11.6 Å². The second-order valence-electron chi connectivity index (χ2n) is 7.22. The first kappa shape index (κ1) is 20.3. The highest BCUT2D eigenvalue weighted by Crippen LogP contribution is 2.26. The van der Waals surface area contributed by atoms with Crippen LogP contribution in [0.1, 0.15) is 12.8 Å². The smallest absolute Gasteiger partial charge is 0.319 e. The molecule has 1 aliphatic heterocycles. The molecule has 0 saturated carbocycles. The second kappa shape index (κ2) is 9.23. The Morgan fingerprint density at radius 3 is 2.83 bits per heavy atom. The molecule has 3 heterocycles. The van der Waals surface area contributed by atoms with Crippen molar-refractivity contribution in [3.8, 4) is 0 Å². The maximum atomic E-state index is 11.4. The fourth-order valence-electron chi connectivity index (χ4n) is 3.53. The van der Waals surface area contributed by atoms with Gasteiger partial charge in [-0.1, -0.05) is 17.7 Å². The van der Waals surface area contributed by atoms with E-state index in [0.717, 1.165) is 48.3 Å². The van der Waals surface area contributed by atoms with Crippen molar-refractivity contribution in [3.63, 3.8) is 0 Å². The Bertz CT molecular complexity index is 1040. The van der Waals surface area contributed by atoms with Crippen LogP contribution in [0, 0.1) is 0 Å². The van der Waals surface area contributed by atoms with Gasteiger partial charge in [0, 0.05) is 42.1 Å². The normalized spacial score (nSPS) is 15.1. The van der Waals surface area contributed by atoms with Crippen LogP contribution in [0.2, 0.25) is 5.02 Å². The van der Waals surface area contributed by atoms with E-state index < -0.39 is 0 Å². The molecule has 1 aliphatic rings. The van der Waals surface area contributed by atoms with Crippen molar-refractivity contribution < 1.29 is 9.53 Å². The maximum absolute atomic E-state index is 11.4. The van der Waals surface area contributed by atoms with Gasteiger partial charge in [0.1, 0.15) is 18.0 Å². The summed E-state index contributed by atoms with van der Waals surface area (Å²) in [4.78, 5) is 26.8. The lowest BCUT2D eigenvalue weighted by Gasteiger charge is -2.31. The predicted octanol–water partition coefficient (Wildman–Crippen LogP) is 3.47. The third kappa shape index (κ3) is 4.95. The molecule has 1 aromatic carbocycles. The van der Waals surface area contributed by atoms with Gasteiger partial charge in [-0.15, -0.1) is 0 Å². The number of aromatic nitrogens is 3. The van der Waals surface area contributed by atoms with Crippen molar-refractivity contribution >= 4 is 45.8 Å². The van der Waals surface area contributed by atoms with Crippen molar-refractivity contribution in [2.24, 2.45) is 0 Å². The Morgan fingerprint density at radius 2 is 2.07 bits per heavy atom. The van der Waals surface area contributed by atoms with Crippen LogP contribution in [-0.4, -0.2) is 58.6 Å². The number of anilines is 3. The number of esters is 1. The number of piperidine rings is 1. The molecule has 0 radical (unpaired) electrons. The van der Waals surface area contributed by atoms with Crippen molar-refractivity contribution in [1.29, 1.82) is 0 Å². The molecule has 0 bridgehead atoms. The van der Waals surface area contributed by atoms with Crippen LogP contribution in [0.3, 0.4) is 0 Å². The van der Waals surface area contributed by atoms with E-state index in [-0.39, 0.29) is 5.97 Å². The molecule has 2 N–H and O–H groups in total. The van der Waals surface area contributed by atoms with E-state index in [1.807, 2.05) is 30.3 Å². The zero-order valence-corrected chi connectivity index (χ0v) is 17.4. The van der Waals surface area contributed by atoms with E-state index in [9.17, 15) is 4.79 Å². The van der Waals surface area contributed by atoms with Gasteiger partial charge in [-0.25, -0.2) is 15.0 Å². The van der Waals surface area contributed by atoms with E-state index in [0.29, 0.717) is 23.4 Å². The first-order chi connectivity index (χ1) is 14.6. The Kier molecular flexibility index (Phi) is 6.25. The molecule has 30 heavy (non-hydrogen) atoms. The maximum Gasteiger partial charge on any atom is 0.319 e. The fraction of sp³-hybridized carbons (Fsp3) is 0.333. The Morgan fingerprint density at radius 1 is 1.23 bits per heavy atom. The van der Waals surface area contributed by atoms with Crippen molar-refractivity contribution in [2.45, 2.75) is 18.9 Å². The number of methoxy groups -OCH3 is 1. The summed E-state index contributed by atoms with van der Waals surface area (Å²) < 4.78 is 4.74. The monoisotopic (exact) mass is 426 g/mol. The minimum Gasteiger partial charge on any atom is -0.468 e. The zero-order valence-electron chi connectivity index (χ0n) is 16.6. The van der Waals surface area contributed by atoms with E-state index >= 15 is 0 Å². The molecule has 156 valence electrons. The largest absolute Gasteiger partial charge is 0.468 e. The number of halogens is 1. The van der Waals surface area contributed by atoms with Crippen LogP contribution in [0.25, 0.3) is 10.9 Å². The lowest BCUT2D eigenvalue weighted by Crippen LogP contribution is -2.41. The highest BCUT2D eigenvalue weighted by atomic mass is 35.5. The Labute approximate surface area is 179 Å². The number of hydrogen-bond donors (Lipinski definition) is 2. The van der Waals surface area contributed by atoms with Crippen molar-refractivity contribution in [1.82, 2.24) is 19.9 Å². The number of ether oxygens (including phenoxy) is 1. The minimum atomic E-state index is -0.195. The molecule has 0 atom stereocenters. The molecular formula is C21H23ClN6O2. The van der Waals surface area contributed by atoms with E-state index in [2.05, 4.69) is 30.5 Å². The minimum absolute atomic E-state index is 0.195. The van der Waals surface area contributed by atoms with E-state index in [1.165, 1.54) is 13.4 Å². The van der Waals surface area contributed by atoms with Crippen LogP contribution in [-0.2, 0) is 9.53 Å². The molecular weight excluding hydrogens is 404 g/mol. The summed E-state index contributed by atoms with van der Waals surface area (Å²) in [7, 11) is 1.42. The van der Waals surface area contributed by atoms with Gasteiger partial charge in [0.25, 0.3) is 0 Å². The number of carbonyl (C=O) groups is 1. The van der Waals surface area contributed by atoms with E-state index in [4.69, 9.17) is 16.3 Å². The summed E-state index contributed by atoms with van der Waals surface area (Å²) in [6.45, 7) is 2.03. The van der Waals surface area contributed by atoms with Crippen LogP contribution in [0.15, 0.2) is 42.9 Å². The highest BCUT2D eigenvalue weighted by Gasteiger charge is 2.21. The van der Waals surface area contributed by atoms with Gasteiger partial charge in [0.2, 0.25) is 0 Å². The number of hydrogen-bond acceptors (Lipinski definition) is 8. The number of benzene rings is 1. The van der Waals surface area contributed by atoms with E-state index in [1.54, 1.807) is 6.20 Å². The SMILES string of the molecule is COC(=O)CN1CCC(Nc2cc3ncnc(Nc4cccc(Cl)c4)c3cn2)CC1. The van der Waals surface area contributed by atoms with Gasteiger partial charge < -0.3 is 15.4 Å². The van der Waals surface area contributed by atoms with Gasteiger partial charge >= 0.3 is 5.97 Å². The molecule has 0 unspecified atom stereocenters. The van der Waals surface area contributed by atoms with Gasteiger partial charge in [-0.3, -0.25) is 9.69 Å². The number of nitrogens with zero attached hydrogens (tertiary/aromatic N) is 4. The molecule has 0 spiro atoms. The topological polar surface area (TPSA) is 92.3 Å². The van der Waals surface area contributed by atoms with Crippen molar-refractivity contribution in [3.05, 3.63) is 47.9 Å². The first-order valence-electron chi connectivity index (χ1n) is 9.80. The zero-order chi connectivity index (χ0) is 20.9. The number of likely N-dealkylation sites (tertiary alicyclic amines) is 1. The average Bonchev–Trinajstić information content (AvgIpc) is 2.75. The standard InChI is InChI=1S/C21H23ClN6O2/c1-30-20(29)12-28-7-5-15(6-8-28)26-19-10-18-17(11-23-19)21(25-13-24-18)27-16-4-2-3-14(22)9-16/h2-4,9-11,13,15H,5-8,12H2,1H3,(H,23,26)(H,24,25,27). The quantitative estimate of drug-likeness (QED) is 0.579. The van der Waals surface area contributed by atoms with Crippen LogP contribution in [0.5, 0.6) is 0 Å². The molecule has 3 aromatic rings. The van der Waals surface area contributed by atoms with Gasteiger partial charge in [0.05, 0.1) is 24.6 Å². The summed E-state index contributed by atoms with van der Waals surface area (Å²) in [6, 6.07) is 9.70. The second-order valence-corrected chi connectivity index (χ2v) is 7.65. The first-order valence-corrected chi connectivity index (χ1v) is 10.2. The summed E-state index contributed by atoms with van der Waals surface area (Å²) >= 11 is 6.06. The number of carbonyl (C=O) groups excluding carboxylic acids is 1. The lowest BCUT2D eigenvalue weighted by molar-refractivity contribution is -0.142. The number of fused-ring (bicyclic) bond motifs is 1. The lowest BCUT2D eigenvalue weighted by atomic mass is 10.1. The molecule has 4 rings (SSSR count). The number of rotatable bonds is 6. The highest BCUT2D eigenvalue weighted by molar-refractivity contribution is 6.30. The summed E-state index contributed by atoms with van der Waals surface area (Å²) in [5, 5.41) is 8.24. The number of nitrogens with one attached hydrogen (secondary N) is 2. The van der Waals surface area contributed by atoms with Crippen LogP contribution < -0.4 is 10.6 Å². The summed E-state index contributed by atoms with van der Waals surface area (Å²) in [6.07, 6.45) is 5.17. The fourth-order valence-corrected chi connectivity index (χ4v) is 3.72. The Hall–Kier alpha value is -2.97. The predicted molar refractivity (Wildman–Crippen MR) is 117 cm³/mol. The molecule has 1 fully saturated rings. The molecule has 1 saturated heterocycles. The van der Waals surface area contributed by atoms with Gasteiger partial charge in [-0.05, 0) is 31.0 Å². The molecule has 2 aromatic heterocycles. The summed E-state index contributed by atoms with van der Waals surface area (Å²) in [5.41, 5.74) is 1.65. The van der Waals surface area contributed by atoms with Gasteiger partial charge in [0.15, 0.2) is 0 Å². The molecule has 0 aliphatic carbocycles. The summed E-state index contributed by atoms with van der Waals surface area (Å²) in [5.74, 6) is 1.26.